The highest BCUT2D eigenvalue weighted by molar-refractivity contribution is 6.27. The first kappa shape index (κ1) is 15.9. The molecule has 0 amide bonds. The molecule has 1 aliphatic rings. The van der Waals surface area contributed by atoms with Crippen molar-refractivity contribution in [3.8, 4) is 0 Å². The van der Waals surface area contributed by atoms with E-state index < -0.39 is 11.9 Å². The second-order valence-corrected chi connectivity index (χ2v) is 4.62. The lowest BCUT2D eigenvalue weighted by Gasteiger charge is -2.23. The number of hydrogen-bond donors (Lipinski definition) is 2. The van der Waals surface area contributed by atoms with Gasteiger partial charge in [0, 0.05) is 12.6 Å². The molecule has 110 valence electrons. The summed E-state index contributed by atoms with van der Waals surface area (Å²) >= 11 is 0. The topological polar surface area (TPSA) is 104 Å². The summed E-state index contributed by atoms with van der Waals surface area (Å²) in [7, 11) is 2.15. The largest absolute Gasteiger partial charge is 0.473 e. The molecule has 7 heteroatoms. The normalized spacial score (nSPS) is 17.4. The quantitative estimate of drug-likeness (QED) is 0.747. The predicted molar refractivity (Wildman–Crippen MR) is 71.2 cm³/mol. The molecule has 7 nitrogen and oxygen atoms in total. The predicted octanol–water partition coefficient (Wildman–Crippen LogP) is 1.25. The fourth-order valence-electron chi connectivity index (χ4n) is 1.85. The highest BCUT2D eigenvalue weighted by atomic mass is 16.5. The summed E-state index contributed by atoms with van der Waals surface area (Å²) in [5, 5.41) is 18.7. The van der Waals surface area contributed by atoms with Gasteiger partial charge in [-0.1, -0.05) is 10.7 Å². The highest BCUT2D eigenvalue weighted by Crippen LogP contribution is 2.17. The molecule has 0 atom stereocenters. The average Bonchev–Trinajstić information content (AvgIpc) is 2.75. The SMILES string of the molecule is Cc1cc(C=C2CCCN(C)C2)on1.O=C(O)C(=O)O. The van der Waals surface area contributed by atoms with Gasteiger partial charge in [0.25, 0.3) is 0 Å². The van der Waals surface area contributed by atoms with E-state index in [1.165, 1.54) is 25.0 Å². The molecule has 20 heavy (non-hydrogen) atoms. The maximum atomic E-state index is 9.10. The first-order valence-corrected chi connectivity index (χ1v) is 6.16. The van der Waals surface area contributed by atoms with Crippen molar-refractivity contribution in [3.63, 3.8) is 0 Å². The van der Waals surface area contributed by atoms with Gasteiger partial charge >= 0.3 is 11.9 Å². The van der Waals surface area contributed by atoms with Crippen LogP contribution in [0.3, 0.4) is 0 Å². The first-order chi connectivity index (χ1) is 9.38. The van der Waals surface area contributed by atoms with E-state index in [-0.39, 0.29) is 0 Å². The molecule has 1 saturated heterocycles. The van der Waals surface area contributed by atoms with Crippen molar-refractivity contribution in [2.75, 3.05) is 20.1 Å². The second kappa shape index (κ2) is 7.44. The smallest absolute Gasteiger partial charge is 0.414 e. The molecule has 2 N–H and O–H groups in total. The van der Waals surface area contributed by atoms with Crippen molar-refractivity contribution in [1.82, 2.24) is 10.1 Å². The zero-order valence-electron chi connectivity index (χ0n) is 11.5. The molecular formula is C13H18N2O5. The maximum Gasteiger partial charge on any atom is 0.414 e. The van der Waals surface area contributed by atoms with Crippen LogP contribution in [0.4, 0.5) is 0 Å². The van der Waals surface area contributed by atoms with E-state index in [1.54, 1.807) is 0 Å². The average molecular weight is 282 g/mol. The van der Waals surface area contributed by atoms with Crippen LogP contribution in [0.1, 0.15) is 24.3 Å². The van der Waals surface area contributed by atoms with E-state index in [2.05, 4.69) is 23.2 Å². The van der Waals surface area contributed by atoms with E-state index >= 15 is 0 Å². The van der Waals surface area contributed by atoms with Crippen LogP contribution in [-0.4, -0.2) is 52.3 Å². The van der Waals surface area contributed by atoms with Gasteiger partial charge in [-0.25, -0.2) is 9.59 Å². The summed E-state index contributed by atoms with van der Waals surface area (Å²) in [6, 6.07) is 1.97. The minimum atomic E-state index is -1.82. The molecule has 0 aliphatic carbocycles. The van der Waals surface area contributed by atoms with Crippen LogP contribution in [0.2, 0.25) is 0 Å². The number of aliphatic carboxylic acids is 2. The minimum Gasteiger partial charge on any atom is -0.473 e. The van der Waals surface area contributed by atoms with Crippen molar-refractivity contribution in [2.45, 2.75) is 19.8 Å². The molecule has 0 saturated carbocycles. The van der Waals surface area contributed by atoms with Crippen molar-refractivity contribution in [3.05, 3.63) is 23.1 Å². The minimum absolute atomic E-state index is 0.882. The van der Waals surface area contributed by atoms with Crippen molar-refractivity contribution >= 4 is 18.0 Å². The van der Waals surface area contributed by atoms with Crippen molar-refractivity contribution in [1.29, 1.82) is 0 Å². The number of aryl methyl sites for hydroxylation is 1. The summed E-state index contributed by atoms with van der Waals surface area (Å²) in [5.74, 6) is -2.77. The van der Waals surface area contributed by atoms with Gasteiger partial charge in [0.15, 0.2) is 5.76 Å². The van der Waals surface area contributed by atoms with Gasteiger partial charge in [-0.2, -0.15) is 0 Å². The van der Waals surface area contributed by atoms with Gasteiger partial charge in [0.05, 0.1) is 5.69 Å². The van der Waals surface area contributed by atoms with E-state index in [9.17, 15) is 0 Å². The van der Waals surface area contributed by atoms with Gasteiger partial charge in [0.1, 0.15) is 0 Å². The number of aromatic nitrogens is 1. The van der Waals surface area contributed by atoms with Gasteiger partial charge in [-0.15, -0.1) is 0 Å². The standard InChI is InChI=1S/C11H16N2O.C2H2O4/c1-9-6-11(14-12-9)7-10-4-3-5-13(2)8-10;3-1(4)2(5)6/h6-7H,3-5,8H2,1-2H3;(H,3,4)(H,5,6). The molecule has 0 spiro atoms. The third-order valence-corrected chi connectivity index (χ3v) is 2.69. The van der Waals surface area contributed by atoms with Gasteiger partial charge in [0.2, 0.25) is 0 Å². The number of carboxylic acids is 2. The number of hydrogen-bond acceptors (Lipinski definition) is 5. The zero-order chi connectivity index (χ0) is 15.1. The molecule has 1 fully saturated rings. The molecule has 0 bridgehead atoms. The Morgan fingerprint density at radius 3 is 2.50 bits per heavy atom. The summed E-state index contributed by atoms with van der Waals surface area (Å²) < 4.78 is 5.16. The Balaban J connectivity index is 0.000000286. The fraction of sp³-hybridized carbons (Fsp3) is 0.462. The van der Waals surface area contributed by atoms with E-state index in [1.807, 2.05) is 13.0 Å². The molecule has 0 radical (unpaired) electrons. The van der Waals surface area contributed by atoms with Crippen LogP contribution in [0, 0.1) is 6.92 Å². The maximum absolute atomic E-state index is 9.10. The van der Waals surface area contributed by atoms with E-state index in [0.717, 1.165) is 18.0 Å². The van der Waals surface area contributed by atoms with Crippen LogP contribution in [-0.2, 0) is 9.59 Å². The lowest BCUT2D eigenvalue weighted by Crippen LogP contribution is -2.26. The molecule has 0 unspecified atom stereocenters. The number of likely N-dealkylation sites (tertiary alicyclic amines) is 1. The number of nitrogens with zero attached hydrogens (tertiary/aromatic N) is 2. The van der Waals surface area contributed by atoms with Crippen LogP contribution >= 0.6 is 0 Å². The molecule has 1 aromatic rings. The zero-order valence-corrected chi connectivity index (χ0v) is 11.5. The van der Waals surface area contributed by atoms with Crippen LogP contribution in [0.5, 0.6) is 0 Å². The fourth-order valence-corrected chi connectivity index (χ4v) is 1.85. The molecule has 1 aromatic heterocycles. The summed E-state index contributed by atoms with van der Waals surface area (Å²) in [5.41, 5.74) is 2.39. The van der Waals surface area contributed by atoms with Crippen molar-refractivity contribution < 1.29 is 24.3 Å². The Kier molecular flexibility index (Phi) is 5.92. The van der Waals surface area contributed by atoms with E-state index in [0.29, 0.717) is 0 Å². The Morgan fingerprint density at radius 1 is 1.40 bits per heavy atom. The van der Waals surface area contributed by atoms with Crippen LogP contribution < -0.4 is 0 Å². The van der Waals surface area contributed by atoms with E-state index in [4.69, 9.17) is 24.3 Å². The first-order valence-electron chi connectivity index (χ1n) is 6.16. The number of rotatable bonds is 1. The monoisotopic (exact) mass is 282 g/mol. The Morgan fingerprint density at radius 2 is 2.05 bits per heavy atom. The number of carboxylic acid groups (broad SMARTS) is 2. The van der Waals surface area contributed by atoms with Gasteiger partial charge < -0.3 is 19.6 Å². The Hall–Kier alpha value is -2.15. The van der Waals surface area contributed by atoms with Crippen molar-refractivity contribution in [2.24, 2.45) is 0 Å². The van der Waals surface area contributed by atoms with Gasteiger partial charge in [-0.3, -0.25) is 0 Å². The molecule has 1 aliphatic heterocycles. The molecular weight excluding hydrogens is 264 g/mol. The lowest BCUT2D eigenvalue weighted by atomic mass is 10.0. The molecule has 2 heterocycles. The Labute approximate surface area is 116 Å². The number of piperidine rings is 1. The summed E-state index contributed by atoms with van der Waals surface area (Å²) in [4.78, 5) is 20.5. The summed E-state index contributed by atoms with van der Waals surface area (Å²) in [6.07, 6.45) is 4.55. The van der Waals surface area contributed by atoms with Crippen LogP contribution in [0.15, 0.2) is 16.2 Å². The summed E-state index contributed by atoms with van der Waals surface area (Å²) in [6.45, 7) is 4.20. The lowest BCUT2D eigenvalue weighted by molar-refractivity contribution is -0.159. The molecule has 0 aromatic carbocycles. The second-order valence-electron chi connectivity index (χ2n) is 4.62. The third-order valence-electron chi connectivity index (χ3n) is 2.69. The number of carbonyl (C=O) groups is 2. The Bertz CT molecular complexity index is 495. The third kappa shape index (κ3) is 5.66. The van der Waals surface area contributed by atoms with Crippen LogP contribution in [0.25, 0.3) is 6.08 Å². The number of likely N-dealkylation sites (N-methyl/N-ethyl adjacent to an activating group) is 1. The molecule has 2 rings (SSSR count). The van der Waals surface area contributed by atoms with Gasteiger partial charge in [-0.05, 0) is 39.4 Å². The highest BCUT2D eigenvalue weighted by Gasteiger charge is 2.10.